The summed E-state index contributed by atoms with van der Waals surface area (Å²) in [5, 5.41) is 14.3. The minimum Gasteiger partial charge on any atom is -0.208 e. The molecule has 3 aliphatic rings. The number of nitrogens with zero attached hydrogens (tertiary/aromatic N) is 4. The Labute approximate surface area is 292 Å². The molecule has 0 bridgehead atoms. The zero-order chi connectivity index (χ0) is 33.4. The molecule has 3 aliphatic carbocycles. The van der Waals surface area contributed by atoms with Crippen LogP contribution in [0.2, 0.25) is 0 Å². The predicted octanol–water partition coefficient (Wildman–Crippen LogP) is 11.0. The van der Waals surface area contributed by atoms with E-state index in [1.165, 1.54) is 31.2 Å². The van der Waals surface area contributed by atoms with Gasteiger partial charge in [0.1, 0.15) is 0 Å². The van der Waals surface area contributed by atoms with Crippen molar-refractivity contribution >= 4 is 21.5 Å². The molecule has 0 amide bonds. The summed E-state index contributed by atoms with van der Waals surface area (Å²) in [5.74, 6) is 5.76. The van der Waals surface area contributed by atoms with Gasteiger partial charge in [-0.15, -0.1) is 0 Å². The molecule has 1 heterocycles. The van der Waals surface area contributed by atoms with E-state index >= 15 is 0 Å². The minimum atomic E-state index is 0.239. The highest BCUT2D eigenvalue weighted by atomic mass is 15.0. The normalized spacial score (nSPS) is 23.4. The number of hydrogen-bond acceptors (Lipinski definition) is 4. The van der Waals surface area contributed by atoms with Crippen molar-refractivity contribution in [2.75, 3.05) is 0 Å². The van der Waals surface area contributed by atoms with Crippen molar-refractivity contribution in [2.45, 2.75) is 38.0 Å². The second kappa shape index (κ2) is 11.2. The molecule has 2 unspecified atom stereocenters. The number of aromatic nitrogens is 3. The quantitative estimate of drug-likeness (QED) is 0.175. The van der Waals surface area contributed by atoms with Gasteiger partial charge < -0.3 is 0 Å². The first kappa shape index (κ1) is 29.3. The number of rotatable bonds is 5. The van der Waals surface area contributed by atoms with Crippen molar-refractivity contribution in [3.05, 3.63) is 139 Å². The minimum absolute atomic E-state index is 0.239. The first-order valence-electron chi connectivity index (χ1n) is 17.9. The van der Waals surface area contributed by atoms with Gasteiger partial charge in [-0.1, -0.05) is 122 Å². The van der Waals surface area contributed by atoms with Crippen LogP contribution in [0.3, 0.4) is 0 Å². The topological polar surface area (TPSA) is 62.5 Å². The zero-order valence-corrected chi connectivity index (χ0v) is 28.1. The van der Waals surface area contributed by atoms with Crippen LogP contribution in [0.4, 0.5) is 0 Å². The highest BCUT2D eigenvalue weighted by molar-refractivity contribution is 6.21. The maximum atomic E-state index is 10.1. The lowest BCUT2D eigenvalue weighted by molar-refractivity contribution is -0.141. The van der Waals surface area contributed by atoms with Gasteiger partial charge in [0.05, 0.1) is 11.6 Å². The molecule has 0 radical (unpaired) electrons. The van der Waals surface area contributed by atoms with Crippen LogP contribution >= 0.6 is 0 Å². The van der Waals surface area contributed by atoms with E-state index in [1.807, 2.05) is 72.8 Å². The Kier molecular flexibility index (Phi) is 6.55. The van der Waals surface area contributed by atoms with Crippen molar-refractivity contribution in [2.24, 2.45) is 23.7 Å². The lowest BCUT2D eigenvalue weighted by atomic mass is 9.39. The van der Waals surface area contributed by atoms with Crippen LogP contribution in [0, 0.1) is 35.0 Å². The van der Waals surface area contributed by atoms with Crippen molar-refractivity contribution in [3.8, 4) is 51.4 Å². The number of hydrogen-bond donors (Lipinski definition) is 0. The van der Waals surface area contributed by atoms with Crippen LogP contribution in [-0.4, -0.2) is 15.0 Å². The smallest absolute Gasteiger partial charge is 0.165 e. The Hall–Kier alpha value is -5.66. The van der Waals surface area contributed by atoms with E-state index in [1.54, 1.807) is 0 Å². The predicted molar refractivity (Wildman–Crippen MR) is 201 cm³/mol. The third-order valence-electron chi connectivity index (χ3n) is 12.2. The molecule has 0 spiro atoms. The standard InChI is InChI=1S/C46H36N4/c1-46(25-33-23-32-24-34(26-46)40(32)33)35-19-17-29(18-20-35)41-36-14-8-9-15-37(36)42(38-21-16-28(27-47)22-39(38)41)45-49-43(30-10-4-2-5-11-30)48-44(50-45)31-12-6-3-7-13-31/h2-22,32-34,40H,23-26H2,1H3/t32-,33+,34-,40?,46?. The average molecular weight is 645 g/mol. The third kappa shape index (κ3) is 4.53. The molecule has 3 saturated carbocycles. The van der Waals surface area contributed by atoms with E-state index < -0.39 is 0 Å². The Balaban J connectivity index is 1.18. The molecule has 0 N–H and O–H groups in total. The molecular weight excluding hydrogens is 609 g/mol. The van der Waals surface area contributed by atoms with Crippen LogP contribution in [0.25, 0.3) is 66.8 Å². The summed E-state index contributed by atoms with van der Waals surface area (Å²) in [4.78, 5) is 15.3. The third-order valence-corrected chi connectivity index (χ3v) is 12.2. The number of benzene rings is 6. The summed E-state index contributed by atoms with van der Waals surface area (Å²) in [6.07, 6.45) is 5.53. The van der Waals surface area contributed by atoms with Crippen LogP contribution < -0.4 is 0 Å². The Bertz CT molecular complexity index is 2410. The molecule has 0 saturated heterocycles. The summed E-state index contributed by atoms with van der Waals surface area (Å²) >= 11 is 0. The lowest BCUT2D eigenvalue weighted by Crippen LogP contribution is -2.58. The molecule has 3 fully saturated rings. The van der Waals surface area contributed by atoms with Crippen molar-refractivity contribution in [1.82, 2.24) is 15.0 Å². The second-order valence-electron chi connectivity index (χ2n) is 15.1. The highest BCUT2D eigenvalue weighted by Gasteiger charge is 2.59. The van der Waals surface area contributed by atoms with Crippen molar-refractivity contribution in [3.63, 3.8) is 0 Å². The molecule has 240 valence electrons. The molecule has 5 atom stereocenters. The van der Waals surface area contributed by atoms with E-state index in [9.17, 15) is 5.26 Å². The Morgan fingerprint density at radius 1 is 0.540 bits per heavy atom. The van der Waals surface area contributed by atoms with Crippen LogP contribution in [-0.2, 0) is 5.41 Å². The molecule has 0 aliphatic heterocycles. The van der Waals surface area contributed by atoms with E-state index in [2.05, 4.69) is 67.6 Å². The van der Waals surface area contributed by atoms with Crippen molar-refractivity contribution in [1.29, 1.82) is 5.26 Å². The van der Waals surface area contributed by atoms with Crippen LogP contribution in [0.15, 0.2) is 127 Å². The number of nitriles is 1. The fourth-order valence-corrected chi connectivity index (χ4v) is 9.94. The lowest BCUT2D eigenvalue weighted by Gasteiger charge is -2.65. The van der Waals surface area contributed by atoms with E-state index in [0.717, 1.165) is 73.0 Å². The summed E-state index contributed by atoms with van der Waals surface area (Å²) in [6, 6.07) is 46.6. The van der Waals surface area contributed by atoms with Crippen LogP contribution in [0.1, 0.15) is 43.7 Å². The van der Waals surface area contributed by atoms with E-state index in [4.69, 9.17) is 15.0 Å². The fourth-order valence-electron chi connectivity index (χ4n) is 9.94. The molecule has 4 heteroatoms. The van der Waals surface area contributed by atoms with Gasteiger partial charge >= 0.3 is 0 Å². The Morgan fingerprint density at radius 3 is 1.66 bits per heavy atom. The molecular formula is C46H36N4. The summed E-state index contributed by atoms with van der Waals surface area (Å²) in [5.41, 5.74) is 7.44. The first-order chi connectivity index (χ1) is 24.6. The van der Waals surface area contributed by atoms with Gasteiger partial charge in [-0.05, 0) is 105 Å². The van der Waals surface area contributed by atoms with Crippen LogP contribution in [0.5, 0.6) is 0 Å². The molecule has 10 rings (SSSR count). The summed E-state index contributed by atoms with van der Waals surface area (Å²) in [7, 11) is 0. The van der Waals surface area contributed by atoms with Gasteiger partial charge in [-0.2, -0.15) is 5.26 Å². The molecule has 4 nitrogen and oxygen atoms in total. The summed E-state index contributed by atoms with van der Waals surface area (Å²) in [6.45, 7) is 2.50. The van der Waals surface area contributed by atoms with Gasteiger partial charge in [0.15, 0.2) is 17.5 Å². The molecule has 7 aromatic rings. The Morgan fingerprint density at radius 2 is 1.08 bits per heavy atom. The van der Waals surface area contributed by atoms with Crippen molar-refractivity contribution < 1.29 is 0 Å². The summed E-state index contributed by atoms with van der Waals surface area (Å²) < 4.78 is 0. The monoisotopic (exact) mass is 644 g/mol. The average Bonchev–Trinajstić information content (AvgIpc) is 3.15. The van der Waals surface area contributed by atoms with Gasteiger partial charge in [0.2, 0.25) is 0 Å². The first-order valence-corrected chi connectivity index (χ1v) is 17.9. The molecule has 6 aromatic carbocycles. The maximum Gasteiger partial charge on any atom is 0.165 e. The second-order valence-corrected chi connectivity index (χ2v) is 15.1. The maximum absolute atomic E-state index is 10.1. The highest BCUT2D eigenvalue weighted by Crippen LogP contribution is 2.67. The van der Waals surface area contributed by atoms with E-state index in [-0.39, 0.29) is 5.41 Å². The van der Waals surface area contributed by atoms with Gasteiger partial charge in [-0.25, -0.2) is 15.0 Å². The number of fused-ring (bicyclic) bond motifs is 2. The molecule has 1 aromatic heterocycles. The largest absolute Gasteiger partial charge is 0.208 e. The van der Waals surface area contributed by atoms with Gasteiger partial charge in [0, 0.05) is 16.7 Å². The fraction of sp³-hybridized carbons (Fsp3) is 0.217. The molecule has 50 heavy (non-hydrogen) atoms. The van der Waals surface area contributed by atoms with Gasteiger partial charge in [0.25, 0.3) is 0 Å². The zero-order valence-electron chi connectivity index (χ0n) is 28.1. The van der Waals surface area contributed by atoms with Gasteiger partial charge in [-0.3, -0.25) is 0 Å². The van der Waals surface area contributed by atoms with E-state index in [0.29, 0.717) is 23.0 Å². The SMILES string of the molecule is CC1(c2ccc(-c3c4ccccc4c(-c4nc(-c5ccccc5)nc(-c5ccccc5)n4)c4ccc(C#N)cc34)cc2)C[C@H]2C[C@H]3C[C@@H](C1)C32.